The molecule has 0 aromatic heterocycles. The molecule has 0 aliphatic heterocycles. The first-order valence-electron chi connectivity index (χ1n) is 8.61. The third-order valence-corrected chi connectivity index (χ3v) is 5.88. The van der Waals surface area contributed by atoms with Crippen LogP contribution in [0.25, 0.3) is 0 Å². The molecule has 3 rings (SSSR count). The molecule has 0 unspecified atom stereocenters. The molecular formula is C19H22N2O4S. The monoisotopic (exact) mass is 374 g/mol. The number of benzene rings is 2. The van der Waals surface area contributed by atoms with Crippen molar-refractivity contribution in [3.05, 3.63) is 60.2 Å². The van der Waals surface area contributed by atoms with Crippen LogP contribution >= 0.6 is 0 Å². The molecule has 0 spiro atoms. The quantitative estimate of drug-likeness (QED) is 0.749. The van der Waals surface area contributed by atoms with Gasteiger partial charge < -0.3 is 10.4 Å². The highest BCUT2D eigenvalue weighted by Crippen LogP contribution is 2.22. The summed E-state index contributed by atoms with van der Waals surface area (Å²) in [4.78, 5) is 12.8. The number of carbonyl (C=O) groups excluding carboxylic acids is 1. The summed E-state index contributed by atoms with van der Waals surface area (Å²) in [7, 11) is -3.77. The Morgan fingerprint density at radius 2 is 1.54 bits per heavy atom. The number of carbonyl (C=O) groups is 1. The van der Waals surface area contributed by atoms with E-state index in [1.165, 1.54) is 12.1 Å². The topological polar surface area (TPSA) is 95.5 Å². The number of hydrogen-bond acceptors (Lipinski definition) is 4. The Bertz CT molecular complexity index is 860. The number of aliphatic hydroxyl groups excluding tert-OH is 1. The number of hydrogen-bond donors (Lipinski definition) is 3. The molecular weight excluding hydrogens is 352 g/mol. The number of sulfonamides is 1. The van der Waals surface area contributed by atoms with E-state index >= 15 is 0 Å². The lowest BCUT2D eigenvalue weighted by atomic mass is 9.93. The van der Waals surface area contributed by atoms with E-state index in [2.05, 4.69) is 10.0 Å². The van der Waals surface area contributed by atoms with Gasteiger partial charge in [0.25, 0.3) is 15.9 Å². The Hall–Kier alpha value is -2.38. The highest BCUT2D eigenvalue weighted by Gasteiger charge is 2.23. The van der Waals surface area contributed by atoms with E-state index in [0.717, 1.165) is 0 Å². The Balaban J connectivity index is 1.77. The molecule has 138 valence electrons. The number of nitrogens with one attached hydrogen (secondary N) is 2. The Morgan fingerprint density at radius 3 is 2.23 bits per heavy atom. The second-order valence-electron chi connectivity index (χ2n) is 6.44. The minimum absolute atomic E-state index is 0.00955. The fraction of sp³-hybridized carbons (Fsp3) is 0.316. The fourth-order valence-corrected chi connectivity index (χ4v) is 4.16. The minimum Gasteiger partial charge on any atom is -0.393 e. The van der Waals surface area contributed by atoms with E-state index in [1.54, 1.807) is 42.5 Å². The normalized spacial score (nSPS) is 20.3. The number of aliphatic hydroxyl groups is 1. The molecule has 1 aliphatic rings. The molecule has 26 heavy (non-hydrogen) atoms. The van der Waals surface area contributed by atoms with Gasteiger partial charge in [0.05, 0.1) is 22.3 Å². The van der Waals surface area contributed by atoms with Gasteiger partial charge in [0.1, 0.15) is 0 Å². The maximum absolute atomic E-state index is 12.6. The lowest BCUT2D eigenvalue weighted by molar-refractivity contribution is 0.0868. The van der Waals surface area contributed by atoms with Crippen LogP contribution in [0.15, 0.2) is 59.5 Å². The van der Waals surface area contributed by atoms with Crippen molar-refractivity contribution in [2.45, 2.75) is 42.7 Å². The van der Waals surface area contributed by atoms with E-state index in [1.807, 2.05) is 0 Å². The number of anilines is 1. The molecule has 0 heterocycles. The molecule has 0 radical (unpaired) electrons. The second-order valence-corrected chi connectivity index (χ2v) is 8.13. The predicted molar refractivity (Wildman–Crippen MR) is 99.4 cm³/mol. The zero-order chi connectivity index (χ0) is 18.6. The van der Waals surface area contributed by atoms with Crippen molar-refractivity contribution in [1.82, 2.24) is 5.32 Å². The molecule has 2 aromatic rings. The zero-order valence-corrected chi connectivity index (χ0v) is 15.1. The lowest BCUT2D eigenvalue weighted by Gasteiger charge is -2.26. The maximum atomic E-state index is 12.6. The van der Waals surface area contributed by atoms with Gasteiger partial charge in [0.2, 0.25) is 0 Å². The van der Waals surface area contributed by atoms with Crippen molar-refractivity contribution in [2.75, 3.05) is 4.72 Å². The van der Waals surface area contributed by atoms with Gasteiger partial charge in [-0.15, -0.1) is 0 Å². The number of rotatable bonds is 5. The second kappa shape index (κ2) is 7.88. The van der Waals surface area contributed by atoms with Crippen molar-refractivity contribution in [3.63, 3.8) is 0 Å². The van der Waals surface area contributed by atoms with Gasteiger partial charge in [-0.25, -0.2) is 8.42 Å². The van der Waals surface area contributed by atoms with Crippen molar-refractivity contribution in [3.8, 4) is 0 Å². The molecule has 3 N–H and O–H groups in total. The Kier molecular flexibility index (Phi) is 5.58. The molecule has 1 saturated carbocycles. The van der Waals surface area contributed by atoms with Crippen LogP contribution in [0, 0.1) is 0 Å². The van der Waals surface area contributed by atoms with E-state index in [0.29, 0.717) is 25.7 Å². The van der Waals surface area contributed by atoms with Crippen molar-refractivity contribution < 1.29 is 18.3 Å². The van der Waals surface area contributed by atoms with Gasteiger partial charge in [0, 0.05) is 6.04 Å². The first-order valence-corrected chi connectivity index (χ1v) is 10.1. The minimum atomic E-state index is -3.77. The summed E-state index contributed by atoms with van der Waals surface area (Å²) in [6, 6.07) is 14.5. The van der Waals surface area contributed by atoms with Gasteiger partial charge in [-0.3, -0.25) is 9.52 Å². The van der Waals surface area contributed by atoms with Gasteiger partial charge in [-0.1, -0.05) is 30.3 Å². The lowest BCUT2D eigenvalue weighted by Crippen LogP contribution is -2.38. The van der Waals surface area contributed by atoms with Crippen LogP contribution in [-0.4, -0.2) is 31.6 Å². The van der Waals surface area contributed by atoms with Gasteiger partial charge in [-0.2, -0.15) is 0 Å². The summed E-state index contributed by atoms with van der Waals surface area (Å²) in [6.07, 6.45) is 2.45. The molecule has 0 saturated heterocycles. The van der Waals surface area contributed by atoms with E-state index in [4.69, 9.17) is 0 Å². The molecule has 0 bridgehead atoms. The molecule has 0 atom stereocenters. The van der Waals surface area contributed by atoms with Crippen LogP contribution in [-0.2, 0) is 10.0 Å². The molecule has 7 heteroatoms. The number of para-hydroxylation sites is 1. The highest BCUT2D eigenvalue weighted by atomic mass is 32.2. The average Bonchev–Trinajstić information content (AvgIpc) is 2.64. The SMILES string of the molecule is O=C(NC1CCC(O)CC1)c1ccccc1NS(=O)(=O)c1ccccc1. The Morgan fingerprint density at radius 1 is 0.923 bits per heavy atom. The molecule has 2 aromatic carbocycles. The third-order valence-electron chi connectivity index (χ3n) is 4.50. The van der Waals surface area contributed by atoms with Gasteiger partial charge >= 0.3 is 0 Å². The highest BCUT2D eigenvalue weighted by molar-refractivity contribution is 7.92. The van der Waals surface area contributed by atoms with Crippen LogP contribution in [0.1, 0.15) is 36.0 Å². The van der Waals surface area contributed by atoms with Crippen LogP contribution < -0.4 is 10.0 Å². The summed E-state index contributed by atoms with van der Waals surface area (Å²) < 4.78 is 27.6. The van der Waals surface area contributed by atoms with Crippen molar-refractivity contribution in [1.29, 1.82) is 0 Å². The van der Waals surface area contributed by atoms with Crippen LogP contribution in [0.4, 0.5) is 5.69 Å². The largest absolute Gasteiger partial charge is 0.393 e. The van der Waals surface area contributed by atoms with Crippen molar-refractivity contribution >= 4 is 21.6 Å². The van der Waals surface area contributed by atoms with Crippen LogP contribution in [0.5, 0.6) is 0 Å². The van der Waals surface area contributed by atoms with Crippen molar-refractivity contribution in [2.24, 2.45) is 0 Å². The number of amides is 1. The summed E-state index contributed by atoms with van der Waals surface area (Å²) in [5.41, 5.74) is 0.517. The fourth-order valence-electron chi connectivity index (χ4n) is 3.06. The first-order chi connectivity index (χ1) is 12.5. The van der Waals surface area contributed by atoms with E-state index in [9.17, 15) is 18.3 Å². The average molecular weight is 374 g/mol. The van der Waals surface area contributed by atoms with Gasteiger partial charge in [-0.05, 0) is 49.9 Å². The summed E-state index contributed by atoms with van der Waals surface area (Å²) in [6.45, 7) is 0. The molecule has 1 aliphatic carbocycles. The molecule has 1 fully saturated rings. The Labute approximate surface area is 153 Å². The van der Waals surface area contributed by atoms with Crippen LogP contribution in [0.2, 0.25) is 0 Å². The summed E-state index contributed by atoms with van der Waals surface area (Å²) >= 11 is 0. The first kappa shape index (κ1) is 18.4. The molecule has 6 nitrogen and oxygen atoms in total. The predicted octanol–water partition coefficient (Wildman–Crippen LogP) is 2.52. The summed E-state index contributed by atoms with van der Waals surface area (Å²) in [5, 5.41) is 12.5. The smallest absolute Gasteiger partial charge is 0.261 e. The van der Waals surface area contributed by atoms with Crippen LogP contribution in [0.3, 0.4) is 0 Å². The third kappa shape index (κ3) is 4.42. The summed E-state index contributed by atoms with van der Waals surface area (Å²) in [5.74, 6) is -0.322. The van der Waals surface area contributed by atoms with Gasteiger partial charge in [0.15, 0.2) is 0 Å². The van der Waals surface area contributed by atoms with E-state index in [-0.39, 0.29) is 34.2 Å². The zero-order valence-electron chi connectivity index (χ0n) is 14.3. The standard InChI is InChI=1S/C19H22N2O4S/c22-15-12-10-14(11-13-15)20-19(23)17-8-4-5-9-18(17)21-26(24,25)16-6-2-1-3-7-16/h1-9,14-15,21-22H,10-13H2,(H,20,23). The maximum Gasteiger partial charge on any atom is 0.261 e. The molecule has 1 amide bonds. The van der Waals surface area contributed by atoms with E-state index < -0.39 is 10.0 Å².